The summed E-state index contributed by atoms with van der Waals surface area (Å²) in [6.45, 7) is 2.58. The molecule has 4 nitrogen and oxygen atoms in total. The molecule has 0 spiro atoms. The molecule has 0 radical (unpaired) electrons. The maximum absolute atomic E-state index is 13.2. The summed E-state index contributed by atoms with van der Waals surface area (Å²) in [7, 11) is 0. The molecule has 1 atom stereocenters. The van der Waals surface area contributed by atoms with Crippen LogP contribution in [-0.4, -0.2) is 35.1 Å². The summed E-state index contributed by atoms with van der Waals surface area (Å²) < 4.78 is 18.7. The van der Waals surface area contributed by atoms with Crippen molar-refractivity contribution in [2.45, 2.75) is 19.4 Å². The molecule has 1 aliphatic heterocycles. The second-order valence-electron chi connectivity index (χ2n) is 4.89. The molecule has 1 N–H and O–H groups in total. The first kappa shape index (κ1) is 12.2. The molecule has 0 saturated carbocycles. The first-order valence-corrected chi connectivity index (χ1v) is 6.22. The number of nitrogens with zero attached hydrogens (tertiary/aromatic N) is 1. The highest BCUT2D eigenvalue weighted by Gasteiger charge is 2.29. The first-order valence-electron chi connectivity index (χ1n) is 6.22. The molecule has 0 aliphatic carbocycles. The number of carbonyl (C=O) groups excluding carboxylic acids is 1. The monoisotopic (exact) mass is 263 g/mol. The van der Waals surface area contributed by atoms with Gasteiger partial charge in [0.05, 0.1) is 6.10 Å². The molecule has 5 heteroatoms. The third-order valence-electron chi connectivity index (χ3n) is 3.54. The van der Waals surface area contributed by atoms with Crippen LogP contribution >= 0.6 is 0 Å². The van der Waals surface area contributed by atoms with Gasteiger partial charge in [0, 0.05) is 24.0 Å². The van der Waals surface area contributed by atoms with E-state index in [9.17, 15) is 14.3 Å². The molecule has 0 bridgehead atoms. The lowest BCUT2D eigenvalue weighted by Gasteiger charge is -2.13. The SMILES string of the molecule is Cc1c(C(=O)N2CC[C@H](O)C2)oc2ccc(F)cc12. The van der Waals surface area contributed by atoms with Gasteiger partial charge in [0.15, 0.2) is 5.76 Å². The average Bonchev–Trinajstić information content (AvgIpc) is 2.94. The second kappa shape index (κ2) is 4.35. The van der Waals surface area contributed by atoms with Crippen molar-refractivity contribution in [1.29, 1.82) is 0 Å². The van der Waals surface area contributed by atoms with E-state index in [1.165, 1.54) is 18.2 Å². The molecule has 1 aliphatic rings. The Kier molecular flexibility index (Phi) is 2.78. The van der Waals surface area contributed by atoms with Gasteiger partial charge in [-0.05, 0) is 31.5 Å². The summed E-state index contributed by atoms with van der Waals surface area (Å²) in [4.78, 5) is 13.9. The standard InChI is InChI=1S/C14H14FNO3/c1-8-11-6-9(15)2-3-12(11)19-13(8)14(18)16-5-4-10(17)7-16/h2-3,6,10,17H,4-5,7H2,1H3/t10-/m0/s1. The lowest BCUT2D eigenvalue weighted by atomic mass is 10.1. The Morgan fingerprint density at radius 1 is 1.53 bits per heavy atom. The van der Waals surface area contributed by atoms with E-state index in [0.717, 1.165) is 0 Å². The van der Waals surface area contributed by atoms with Gasteiger partial charge in [-0.3, -0.25) is 4.79 Å². The minimum Gasteiger partial charge on any atom is -0.451 e. The summed E-state index contributed by atoms with van der Waals surface area (Å²) >= 11 is 0. The van der Waals surface area contributed by atoms with Crippen LogP contribution in [0.2, 0.25) is 0 Å². The zero-order valence-corrected chi connectivity index (χ0v) is 10.5. The topological polar surface area (TPSA) is 53.7 Å². The third kappa shape index (κ3) is 2.00. The minimum atomic E-state index is -0.467. The molecule has 1 fully saturated rings. The van der Waals surface area contributed by atoms with Crippen molar-refractivity contribution in [3.05, 3.63) is 35.3 Å². The normalized spacial score (nSPS) is 19.3. The third-order valence-corrected chi connectivity index (χ3v) is 3.54. The van der Waals surface area contributed by atoms with E-state index in [2.05, 4.69) is 0 Å². The number of furan rings is 1. The van der Waals surface area contributed by atoms with Crippen LogP contribution in [0.3, 0.4) is 0 Å². The van der Waals surface area contributed by atoms with Crippen LogP contribution in [0.4, 0.5) is 4.39 Å². The Morgan fingerprint density at radius 2 is 2.32 bits per heavy atom. The first-order chi connectivity index (χ1) is 9.06. The van der Waals surface area contributed by atoms with Crippen molar-refractivity contribution >= 4 is 16.9 Å². The quantitative estimate of drug-likeness (QED) is 0.857. The van der Waals surface area contributed by atoms with Crippen LogP contribution < -0.4 is 0 Å². The van der Waals surface area contributed by atoms with Crippen LogP contribution in [0.5, 0.6) is 0 Å². The van der Waals surface area contributed by atoms with Crippen LogP contribution in [0, 0.1) is 12.7 Å². The second-order valence-corrected chi connectivity index (χ2v) is 4.89. The number of hydrogen-bond donors (Lipinski definition) is 1. The molecule has 1 amide bonds. The number of rotatable bonds is 1. The van der Waals surface area contributed by atoms with Crippen molar-refractivity contribution in [3.63, 3.8) is 0 Å². The van der Waals surface area contributed by atoms with Gasteiger partial charge in [-0.1, -0.05) is 0 Å². The van der Waals surface area contributed by atoms with Crippen molar-refractivity contribution in [1.82, 2.24) is 4.90 Å². The highest BCUT2D eigenvalue weighted by atomic mass is 19.1. The maximum Gasteiger partial charge on any atom is 0.289 e. The number of hydrogen-bond acceptors (Lipinski definition) is 3. The minimum absolute atomic E-state index is 0.231. The number of halogens is 1. The fraction of sp³-hybridized carbons (Fsp3) is 0.357. The Labute approximate surface area is 109 Å². The summed E-state index contributed by atoms with van der Waals surface area (Å²) in [5.41, 5.74) is 1.14. The van der Waals surface area contributed by atoms with E-state index in [1.807, 2.05) is 0 Å². The molecule has 1 aromatic carbocycles. The predicted octanol–water partition coefficient (Wildman–Crippen LogP) is 2.09. The molecule has 3 rings (SSSR count). The van der Waals surface area contributed by atoms with E-state index >= 15 is 0 Å². The van der Waals surface area contributed by atoms with Crippen molar-refractivity contribution in [2.75, 3.05) is 13.1 Å². The Bertz CT molecular complexity index is 649. The average molecular weight is 263 g/mol. The van der Waals surface area contributed by atoms with Gasteiger partial charge < -0.3 is 14.4 Å². The number of aliphatic hydroxyl groups is 1. The van der Waals surface area contributed by atoms with Crippen LogP contribution in [0.1, 0.15) is 22.5 Å². The van der Waals surface area contributed by atoms with Gasteiger partial charge in [-0.25, -0.2) is 4.39 Å². The van der Waals surface area contributed by atoms with E-state index in [-0.39, 0.29) is 17.5 Å². The lowest BCUT2D eigenvalue weighted by molar-refractivity contribution is 0.0735. The van der Waals surface area contributed by atoms with E-state index in [0.29, 0.717) is 36.0 Å². The summed E-state index contributed by atoms with van der Waals surface area (Å²) in [6.07, 6.45) is 0.116. The summed E-state index contributed by atoms with van der Waals surface area (Å²) in [6, 6.07) is 4.19. The molecule has 1 aromatic heterocycles. The fourth-order valence-corrected chi connectivity index (χ4v) is 2.47. The molecular formula is C14H14FNO3. The Morgan fingerprint density at radius 3 is 3.00 bits per heavy atom. The van der Waals surface area contributed by atoms with Crippen molar-refractivity contribution in [2.24, 2.45) is 0 Å². The van der Waals surface area contributed by atoms with Crippen LogP contribution in [0.15, 0.2) is 22.6 Å². The zero-order valence-electron chi connectivity index (χ0n) is 10.5. The van der Waals surface area contributed by atoms with E-state index in [1.54, 1.807) is 11.8 Å². The number of aliphatic hydroxyl groups excluding tert-OH is 1. The molecule has 2 heterocycles. The predicted molar refractivity (Wildman–Crippen MR) is 67.4 cm³/mol. The number of aryl methyl sites for hydroxylation is 1. The van der Waals surface area contributed by atoms with Gasteiger partial charge in [0.2, 0.25) is 0 Å². The molecule has 100 valence electrons. The van der Waals surface area contributed by atoms with Crippen molar-refractivity contribution < 1.29 is 18.7 Å². The van der Waals surface area contributed by atoms with Gasteiger partial charge in [-0.2, -0.15) is 0 Å². The lowest BCUT2D eigenvalue weighted by Crippen LogP contribution is -2.29. The number of carbonyl (C=O) groups is 1. The largest absolute Gasteiger partial charge is 0.451 e. The van der Waals surface area contributed by atoms with Crippen LogP contribution in [-0.2, 0) is 0 Å². The summed E-state index contributed by atoms with van der Waals surface area (Å²) in [5, 5.41) is 10.1. The smallest absolute Gasteiger partial charge is 0.289 e. The molecule has 19 heavy (non-hydrogen) atoms. The van der Waals surface area contributed by atoms with Gasteiger partial charge in [0.1, 0.15) is 11.4 Å². The van der Waals surface area contributed by atoms with Crippen LogP contribution in [0.25, 0.3) is 11.0 Å². The van der Waals surface area contributed by atoms with Crippen molar-refractivity contribution in [3.8, 4) is 0 Å². The molecule has 2 aromatic rings. The highest BCUT2D eigenvalue weighted by Crippen LogP contribution is 2.27. The fourth-order valence-electron chi connectivity index (χ4n) is 2.47. The molecule has 1 saturated heterocycles. The zero-order chi connectivity index (χ0) is 13.6. The van der Waals surface area contributed by atoms with E-state index in [4.69, 9.17) is 4.42 Å². The number of benzene rings is 1. The number of fused-ring (bicyclic) bond motifs is 1. The number of amides is 1. The maximum atomic E-state index is 13.2. The molecular weight excluding hydrogens is 249 g/mol. The Balaban J connectivity index is 2.01. The molecule has 0 unspecified atom stereocenters. The summed E-state index contributed by atoms with van der Waals surface area (Å²) in [5.74, 6) is -0.368. The number of likely N-dealkylation sites (tertiary alicyclic amines) is 1. The highest BCUT2D eigenvalue weighted by molar-refractivity contribution is 5.99. The van der Waals surface area contributed by atoms with Gasteiger partial charge in [0.25, 0.3) is 5.91 Å². The number of β-amino-alcohol motifs (C(OH)–C–C–N with tert-alkyl or cyclic N) is 1. The Hall–Kier alpha value is -1.88. The van der Waals surface area contributed by atoms with E-state index < -0.39 is 6.10 Å². The van der Waals surface area contributed by atoms with Gasteiger partial charge >= 0.3 is 0 Å². The van der Waals surface area contributed by atoms with Gasteiger partial charge in [-0.15, -0.1) is 0 Å².